The fraction of sp³-hybridized carbons (Fsp3) is 0.409. The Hall–Kier alpha value is -2.88. The normalized spacial score (nSPS) is 15.5. The predicted molar refractivity (Wildman–Crippen MR) is 120 cm³/mol. The number of carbonyl (C=O) groups excluding carboxylic acids is 1. The number of nitrogens with zero attached hydrogens (tertiary/aromatic N) is 3. The van der Waals surface area contributed by atoms with Gasteiger partial charge in [0.05, 0.1) is 16.9 Å². The Bertz CT molecular complexity index is 1070. The number of carbonyl (C=O) groups is 1. The molecule has 1 fully saturated rings. The third kappa shape index (κ3) is 4.95. The van der Waals surface area contributed by atoms with Crippen LogP contribution in [-0.2, 0) is 11.8 Å². The summed E-state index contributed by atoms with van der Waals surface area (Å²) in [6.45, 7) is 3.54. The Morgan fingerprint density at radius 2 is 2.16 bits per heavy atom. The number of halogens is 1. The van der Waals surface area contributed by atoms with Crippen LogP contribution < -0.4 is 15.8 Å². The van der Waals surface area contributed by atoms with Gasteiger partial charge in [-0.1, -0.05) is 16.8 Å². The highest BCUT2D eigenvalue weighted by Gasteiger charge is 2.23. The van der Waals surface area contributed by atoms with Gasteiger partial charge in [-0.25, -0.2) is 0 Å². The molecule has 9 nitrogen and oxygen atoms in total. The van der Waals surface area contributed by atoms with Gasteiger partial charge >= 0.3 is 0 Å². The van der Waals surface area contributed by atoms with Crippen LogP contribution in [0.25, 0.3) is 11.3 Å². The van der Waals surface area contributed by atoms with Crippen molar-refractivity contribution in [2.75, 3.05) is 25.1 Å². The third-order valence-corrected chi connectivity index (χ3v) is 5.83. The van der Waals surface area contributed by atoms with Gasteiger partial charge in [-0.3, -0.25) is 9.48 Å². The van der Waals surface area contributed by atoms with Crippen LogP contribution >= 0.6 is 11.6 Å². The minimum Gasteiger partial charge on any atom is -0.491 e. The molecule has 170 valence electrons. The minimum absolute atomic E-state index is 0.108. The van der Waals surface area contributed by atoms with Crippen molar-refractivity contribution in [3.8, 4) is 17.0 Å². The quantitative estimate of drug-likeness (QED) is 0.555. The van der Waals surface area contributed by atoms with E-state index in [2.05, 4.69) is 15.6 Å². The number of ether oxygens (including phenoxy) is 2. The fourth-order valence-corrected chi connectivity index (χ4v) is 4.03. The van der Waals surface area contributed by atoms with E-state index in [1.165, 1.54) is 0 Å². The van der Waals surface area contributed by atoms with Crippen LogP contribution in [-0.4, -0.2) is 46.7 Å². The second-order valence-corrected chi connectivity index (χ2v) is 8.28. The number of anilines is 1. The lowest BCUT2D eigenvalue weighted by molar-refractivity contribution is 0.0522. The number of hydrogen-bond donors (Lipinski definition) is 2. The zero-order chi connectivity index (χ0) is 22.7. The van der Waals surface area contributed by atoms with Crippen LogP contribution in [0.5, 0.6) is 5.75 Å². The summed E-state index contributed by atoms with van der Waals surface area (Å²) in [6.07, 6.45) is 3.42. The molecule has 0 radical (unpaired) electrons. The molecule has 3 heterocycles. The molecule has 3 N–H and O–H groups in total. The second-order valence-electron chi connectivity index (χ2n) is 7.88. The molecule has 1 amide bonds. The summed E-state index contributed by atoms with van der Waals surface area (Å²) in [6, 6.07) is 6.81. The Labute approximate surface area is 190 Å². The monoisotopic (exact) mass is 459 g/mol. The molecule has 4 rings (SSSR count). The molecule has 3 aromatic rings. The Morgan fingerprint density at radius 1 is 1.38 bits per heavy atom. The summed E-state index contributed by atoms with van der Waals surface area (Å²) >= 11 is 6.41. The van der Waals surface area contributed by atoms with E-state index in [1.54, 1.807) is 49.1 Å². The molecule has 2 aromatic heterocycles. The van der Waals surface area contributed by atoms with E-state index in [0.29, 0.717) is 46.0 Å². The summed E-state index contributed by atoms with van der Waals surface area (Å²) in [7, 11) is 1.79. The molecule has 0 bridgehead atoms. The molecule has 1 saturated heterocycles. The van der Waals surface area contributed by atoms with E-state index >= 15 is 0 Å². The van der Waals surface area contributed by atoms with Gasteiger partial charge in [0.25, 0.3) is 5.91 Å². The van der Waals surface area contributed by atoms with Crippen molar-refractivity contribution in [3.63, 3.8) is 0 Å². The van der Waals surface area contributed by atoms with Gasteiger partial charge in [0, 0.05) is 43.6 Å². The number of benzene rings is 1. The number of rotatable bonds is 7. The summed E-state index contributed by atoms with van der Waals surface area (Å²) in [5.74, 6) is 1.14. The van der Waals surface area contributed by atoms with E-state index < -0.39 is 0 Å². The second kappa shape index (κ2) is 9.72. The summed E-state index contributed by atoms with van der Waals surface area (Å²) in [5, 5.41) is 11.3. The van der Waals surface area contributed by atoms with Gasteiger partial charge in [0.15, 0.2) is 5.69 Å². The Kier molecular flexibility index (Phi) is 6.78. The minimum atomic E-state index is -0.376. The number of nitrogens with one attached hydrogen (secondary N) is 1. The van der Waals surface area contributed by atoms with Crippen molar-refractivity contribution >= 4 is 23.2 Å². The maximum atomic E-state index is 12.5. The van der Waals surface area contributed by atoms with E-state index in [1.807, 2.05) is 0 Å². The van der Waals surface area contributed by atoms with E-state index in [0.717, 1.165) is 26.1 Å². The van der Waals surface area contributed by atoms with Crippen LogP contribution in [0.1, 0.15) is 29.1 Å². The highest BCUT2D eigenvalue weighted by atomic mass is 35.5. The Morgan fingerprint density at radius 3 is 2.81 bits per heavy atom. The van der Waals surface area contributed by atoms with Crippen molar-refractivity contribution < 1.29 is 18.8 Å². The van der Waals surface area contributed by atoms with Crippen LogP contribution in [0, 0.1) is 12.8 Å². The van der Waals surface area contributed by atoms with Gasteiger partial charge < -0.3 is 25.0 Å². The zero-order valence-corrected chi connectivity index (χ0v) is 18.8. The van der Waals surface area contributed by atoms with Crippen molar-refractivity contribution in [1.82, 2.24) is 14.9 Å². The molecular weight excluding hydrogens is 434 g/mol. The smallest absolute Gasteiger partial charge is 0.277 e. The molecule has 1 unspecified atom stereocenters. The molecule has 1 aliphatic heterocycles. The topological polar surface area (TPSA) is 117 Å². The number of nitrogens with two attached hydrogens (primary N) is 1. The van der Waals surface area contributed by atoms with Gasteiger partial charge in [0.2, 0.25) is 0 Å². The first-order valence-electron chi connectivity index (χ1n) is 10.4. The van der Waals surface area contributed by atoms with Crippen molar-refractivity contribution in [3.05, 3.63) is 46.9 Å². The first-order chi connectivity index (χ1) is 15.4. The van der Waals surface area contributed by atoms with Crippen LogP contribution in [0.2, 0.25) is 5.02 Å². The first kappa shape index (κ1) is 22.3. The van der Waals surface area contributed by atoms with Gasteiger partial charge in [-0.15, -0.1) is 0 Å². The summed E-state index contributed by atoms with van der Waals surface area (Å²) in [5.41, 5.74) is 8.52. The van der Waals surface area contributed by atoms with Crippen LogP contribution in [0.3, 0.4) is 0 Å². The Balaban J connectivity index is 1.57. The van der Waals surface area contributed by atoms with Crippen molar-refractivity contribution in [1.29, 1.82) is 0 Å². The van der Waals surface area contributed by atoms with Crippen molar-refractivity contribution in [2.24, 2.45) is 18.7 Å². The average Bonchev–Trinajstić information content (AvgIpc) is 3.38. The molecule has 1 atom stereocenters. The largest absolute Gasteiger partial charge is 0.491 e. The molecular formula is C22H26ClN5O4. The highest BCUT2D eigenvalue weighted by Crippen LogP contribution is 2.37. The third-order valence-electron chi connectivity index (χ3n) is 5.55. The molecule has 0 spiro atoms. The summed E-state index contributed by atoms with van der Waals surface area (Å²) in [4.78, 5) is 12.5. The van der Waals surface area contributed by atoms with Crippen LogP contribution in [0.15, 0.2) is 35.0 Å². The van der Waals surface area contributed by atoms with E-state index in [4.69, 9.17) is 31.3 Å². The first-order valence-corrected chi connectivity index (χ1v) is 10.8. The summed E-state index contributed by atoms with van der Waals surface area (Å²) < 4.78 is 18.2. The SMILES string of the molecule is Cc1cc(C(=O)Nc2ccc(OCC(N)C3CCOCC3)c(-c3c(Cl)cnn3C)c2)no1. The molecule has 10 heteroatoms. The number of hydrogen-bond acceptors (Lipinski definition) is 7. The van der Waals surface area contributed by atoms with Crippen LogP contribution in [0.4, 0.5) is 5.69 Å². The maximum Gasteiger partial charge on any atom is 0.277 e. The van der Waals surface area contributed by atoms with E-state index in [-0.39, 0.29) is 17.6 Å². The van der Waals surface area contributed by atoms with E-state index in [9.17, 15) is 4.79 Å². The molecule has 1 aromatic carbocycles. The highest BCUT2D eigenvalue weighted by molar-refractivity contribution is 6.33. The number of aromatic nitrogens is 3. The van der Waals surface area contributed by atoms with Crippen molar-refractivity contribution in [2.45, 2.75) is 25.8 Å². The lowest BCUT2D eigenvalue weighted by Crippen LogP contribution is -2.39. The van der Waals surface area contributed by atoms with Gasteiger partial charge in [-0.05, 0) is 43.9 Å². The fourth-order valence-electron chi connectivity index (χ4n) is 3.77. The molecule has 1 aliphatic rings. The van der Waals surface area contributed by atoms with Gasteiger partial charge in [0.1, 0.15) is 18.1 Å². The predicted octanol–water partition coefficient (Wildman–Crippen LogP) is 3.42. The maximum absolute atomic E-state index is 12.5. The average molecular weight is 460 g/mol. The lowest BCUT2D eigenvalue weighted by Gasteiger charge is -2.27. The van der Waals surface area contributed by atoms with Gasteiger partial charge in [-0.2, -0.15) is 5.10 Å². The standard InChI is InChI=1S/C22H26ClN5O4/c1-13-9-19(27-32-13)22(29)26-15-3-4-20(16(10-15)21-17(23)11-25-28(21)2)31-12-18(24)14-5-7-30-8-6-14/h3-4,9-11,14,18H,5-8,12,24H2,1-2H3,(H,26,29). The molecule has 0 aliphatic carbocycles. The lowest BCUT2D eigenvalue weighted by atomic mass is 9.93. The molecule has 0 saturated carbocycles. The molecule has 32 heavy (non-hydrogen) atoms. The number of aryl methyl sites for hydroxylation is 2. The number of amides is 1. The zero-order valence-electron chi connectivity index (χ0n) is 18.0.